The lowest BCUT2D eigenvalue weighted by Crippen LogP contribution is -2.30. The van der Waals surface area contributed by atoms with Crippen molar-refractivity contribution in [1.82, 2.24) is 4.98 Å². The van der Waals surface area contributed by atoms with E-state index in [1.807, 2.05) is 18.5 Å². The van der Waals surface area contributed by atoms with Gasteiger partial charge in [0.25, 0.3) is 5.82 Å². The van der Waals surface area contributed by atoms with Crippen LogP contribution in [0.5, 0.6) is 0 Å². The fraction of sp³-hybridized carbons (Fsp3) is 0.400. The van der Waals surface area contributed by atoms with Crippen LogP contribution in [0.25, 0.3) is 0 Å². The van der Waals surface area contributed by atoms with Gasteiger partial charge in [-0.15, -0.1) is 0 Å². The standard InChI is InChI=1S/C5H6Br2N2/c1-3-8-4(6)5(7)9(3)2/h1-2H3/p+1. The maximum Gasteiger partial charge on any atom is 0.252 e. The fourth-order valence-corrected chi connectivity index (χ4v) is 1.51. The third-order valence-electron chi connectivity index (χ3n) is 1.27. The van der Waals surface area contributed by atoms with E-state index in [0.29, 0.717) is 0 Å². The van der Waals surface area contributed by atoms with Crippen LogP contribution >= 0.6 is 31.9 Å². The highest BCUT2D eigenvalue weighted by Gasteiger charge is 2.12. The molecule has 0 unspecified atom stereocenters. The molecule has 50 valence electrons. The summed E-state index contributed by atoms with van der Waals surface area (Å²) in [5.74, 6) is 1.12. The number of aromatic amines is 1. The zero-order chi connectivity index (χ0) is 7.02. The van der Waals surface area contributed by atoms with Crippen LogP contribution in [0.15, 0.2) is 9.21 Å². The minimum Gasteiger partial charge on any atom is -0.235 e. The van der Waals surface area contributed by atoms with Crippen molar-refractivity contribution in [1.29, 1.82) is 0 Å². The molecule has 4 heteroatoms. The molecule has 1 heterocycles. The molecule has 0 fully saturated rings. The third-order valence-corrected chi connectivity index (χ3v) is 3.30. The van der Waals surface area contributed by atoms with Crippen molar-refractivity contribution in [2.45, 2.75) is 6.92 Å². The summed E-state index contributed by atoms with van der Waals surface area (Å²) >= 11 is 6.73. The average molecular weight is 255 g/mol. The lowest BCUT2D eigenvalue weighted by atomic mass is 10.7. The van der Waals surface area contributed by atoms with E-state index in [9.17, 15) is 0 Å². The maximum atomic E-state index is 3.38. The van der Waals surface area contributed by atoms with E-state index in [0.717, 1.165) is 15.0 Å². The molecule has 1 aromatic rings. The number of halogens is 2. The van der Waals surface area contributed by atoms with Crippen LogP contribution in [0, 0.1) is 6.92 Å². The summed E-state index contributed by atoms with van der Waals surface area (Å²) in [5, 5.41) is 0. The van der Waals surface area contributed by atoms with Gasteiger partial charge < -0.3 is 0 Å². The first-order valence-corrected chi connectivity index (χ1v) is 4.11. The summed E-state index contributed by atoms with van der Waals surface area (Å²) in [5.41, 5.74) is 0. The number of hydrogen-bond acceptors (Lipinski definition) is 0. The second-order valence-electron chi connectivity index (χ2n) is 1.87. The van der Waals surface area contributed by atoms with Gasteiger partial charge in [-0.05, 0) is 0 Å². The molecular formula is C5H7Br2N2+. The summed E-state index contributed by atoms with van der Waals surface area (Å²) in [6, 6.07) is 0. The number of rotatable bonds is 0. The zero-order valence-electron chi connectivity index (χ0n) is 5.20. The molecule has 1 rings (SSSR count). The molecule has 0 aliphatic heterocycles. The minimum absolute atomic E-state index is 0.988. The van der Waals surface area contributed by atoms with Crippen LogP contribution in [-0.4, -0.2) is 4.98 Å². The van der Waals surface area contributed by atoms with E-state index in [1.165, 1.54) is 0 Å². The molecule has 0 radical (unpaired) electrons. The molecule has 0 amide bonds. The van der Waals surface area contributed by atoms with E-state index in [4.69, 9.17) is 0 Å². The highest BCUT2D eigenvalue weighted by Crippen LogP contribution is 2.16. The molecule has 0 aromatic carbocycles. The Kier molecular flexibility index (Phi) is 1.96. The number of nitrogens with zero attached hydrogens (tertiary/aromatic N) is 1. The Morgan fingerprint density at radius 3 is 2.11 bits per heavy atom. The molecular weight excluding hydrogens is 248 g/mol. The van der Waals surface area contributed by atoms with Crippen molar-refractivity contribution in [2.75, 3.05) is 0 Å². The molecule has 0 saturated carbocycles. The van der Waals surface area contributed by atoms with Gasteiger partial charge in [0, 0.05) is 38.8 Å². The lowest BCUT2D eigenvalue weighted by Gasteiger charge is -1.82. The maximum absolute atomic E-state index is 3.38. The van der Waals surface area contributed by atoms with Crippen molar-refractivity contribution >= 4 is 31.9 Å². The van der Waals surface area contributed by atoms with Gasteiger partial charge in [-0.25, -0.2) is 9.55 Å². The van der Waals surface area contributed by atoms with Crippen molar-refractivity contribution in [2.24, 2.45) is 7.05 Å². The number of H-pyrrole nitrogens is 1. The predicted molar refractivity (Wildman–Crippen MR) is 42.1 cm³/mol. The van der Waals surface area contributed by atoms with Crippen LogP contribution in [0.4, 0.5) is 0 Å². The Hall–Kier alpha value is 0.170. The fourth-order valence-electron chi connectivity index (χ4n) is 0.589. The molecule has 0 saturated heterocycles. The van der Waals surface area contributed by atoms with E-state index < -0.39 is 0 Å². The largest absolute Gasteiger partial charge is 0.252 e. The normalized spacial score (nSPS) is 10.2. The minimum atomic E-state index is 0.988. The Balaban J connectivity index is 3.29. The number of aromatic nitrogens is 2. The highest BCUT2D eigenvalue weighted by atomic mass is 79.9. The lowest BCUT2D eigenvalue weighted by molar-refractivity contribution is -0.687. The van der Waals surface area contributed by atoms with E-state index in [2.05, 4.69) is 36.8 Å². The van der Waals surface area contributed by atoms with Gasteiger partial charge in [0.15, 0.2) is 0 Å². The highest BCUT2D eigenvalue weighted by molar-refractivity contribution is 9.13. The van der Waals surface area contributed by atoms with Gasteiger partial charge in [-0.1, -0.05) is 0 Å². The number of hydrogen-bond donors (Lipinski definition) is 1. The molecule has 0 bridgehead atoms. The van der Waals surface area contributed by atoms with Crippen molar-refractivity contribution in [3.05, 3.63) is 15.0 Å². The van der Waals surface area contributed by atoms with Crippen LogP contribution in [-0.2, 0) is 7.05 Å². The first kappa shape index (κ1) is 7.28. The molecule has 0 atom stereocenters. The topological polar surface area (TPSA) is 19.7 Å². The Morgan fingerprint density at radius 1 is 1.44 bits per heavy atom. The van der Waals surface area contributed by atoms with Crippen molar-refractivity contribution in [3.63, 3.8) is 0 Å². The summed E-state index contributed by atoms with van der Waals surface area (Å²) in [6.07, 6.45) is 0. The molecule has 0 spiro atoms. The van der Waals surface area contributed by atoms with Gasteiger partial charge in [-0.3, -0.25) is 0 Å². The number of aryl methyl sites for hydroxylation is 1. The number of nitrogens with one attached hydrogen (secondary N) is 1. The summed E-state index contributed by atoms with van der Waals surface area (Å²) in [6.45, 7) is 2.01. The summed E-state index contributed by atoms with van der Waals surface area (Å²) in [7, 11) is 1.99. The Labute approximate surface area is 70.5 Å². The van der Waals surface area contributed by atoms with E-state index in [1.54, 1.807) is 0 Å². The van der Waals surface area contributed by atoms with Crippen molar-refractivity contribution < 1.29 is 4.57 Å². The third kappa shape index (κ3) is 1.19. The molecule has 2 nitrogen and oxygen atoms in total. The summed E-state index contributed by atoms with van der Waals surface area (Å²) < 4.78 is 4.05. The molecule has 0 aliphatic rings. The van der Waals surface area contributed by atoms with Crippen LogP contribution in [0.3, 0.4) is 0 Å². The van der Waals surface area contributed by atoms with Gasteiger partial charge in [0.2, 0.25) is 9.21 Å². The molecule has 9 heavy (non-hydrogen) atoms. The average Bonchev–Trinajstić information content (AvgIpc) is 1.98. The Bertz CT molecular complexity index is 207. The summed E-state index contributed by atoms with van der Waals surface area (Å²) in [4.78, 5) is 3.11. The van der Waals surface area contributed by atoms with Gasteiger partial charge in [-0.2, -0.15) is 0 Å². The van der Waals surface area contributed by atoms with E-state index >= 15 is 0 Å². The molecule has 0 aliphatic carbocycles. The van der Waals surface area contributed by atoms with Gasteiger partial charge in [0.05, 0.1) is 7.05 Å². The van der Waals surface area contributed by atoms with Gasteiger partial charge >= 0.3 is 0 Å². The van der Waals surface area contributed by atoms with Crippen LogP contribution in [0.2, 0.25) is 0 Å². The predicted octanol–water partition coefficient (Wildman–Crippen LogP) is 1.67. The first-order valence-electron chi connectivity index (χ1n) is 2.52. The number of imidazole rings is 1. The quantitative estimate of drug-likeness (QED) is 0.680. The second-order valence-corrected chi connectivity index (χ2v) is 3.42. The SMILES string of the molecule is Cc1[nH]c(Br)c(Br)[n+]1C. The first-order chi connectivity index (χ1) is 4.13. The Morgan fingerprint density at radius 2 is 2.00 bits per heavy atom. The molecule has 1 N–H and O–H groups in total. The monoisotopic (exact) mass is 253 g/mol. The van der Waals surface area contributed by atoms with Crippen LogP contribution in [0.1, 0.15) is 5.82 Å². The van der Waals surface area contributed by atoms with Crippen LogP contribution < -0.4 is 4.57 Å². The molecule has 1 aromatic heterocycles. The van der Waals surface area contributed by atoms with E-state index in [-0.39, 0.29) is 0 Å². The second kappa shape index (κ2) is 2.42. The van der Waals surface area contributed by atoms with Crippen molar-refractivity contribution in [3.8, 4) is 0 Å². The zero-order valence-corrected chi connectivity index (χ0v) is 8.38. The smallest absolute Gasteiger partial charge is 0.235 e. The van der Waals surface area contributed by atoms with Gasteiger partial charge in [0.1, 0.15) is 0 Å².